The summed E-state index contributed by atoms with van der Waals surface area (Å²) in [5.41, 5.74) is -2.50. The van der Waals surface area contributed by atoms with E-state index in [1.165, 1.54) is 0 Å². The topological polar surface area (TPSA) is 37.3 Å². The van der Waals surface area contributed by atoms with Crippen LogP contribution in [0.5, 0.6) is 0 Å². The van der Waals surface area contributed by atoms with Crippen LogP contribution >= 0.6 is 0 Å². The van der Waals surface area contributed by atoms with Gasteiger partial charge in [-0.15, -0.1) is 0 Å². The average molecular weight is 190 g/mol. The molecule has 0 fully saturated rings. The lowest BCUT2D eigenvalue weighted by Gasteiger charge is -2.10. The highest BCUT2D eigenvalue weighted by Crippen LogP contribution is 2.28. The van der Waals surface area contributed by atoms with E-state index in [1.807, 2.05) is 0 Å². The number of aliphatic carboxylic acids is 1. The van der Waals surface area contributed by atoms with Crippen molar-refractivity contribution in [3.63, 3.8) is 0 Å². The van der Waals surface area contributed by atoms with Crippen molar-refractivity contribution in [2.45, 2.75) is 5.92 Å². The Morgan fingerprint density at radius 1 is 1.33 bits per heavy atom. The summed E-state index contributed by atoms with van der Waals surface area (Å²) in [5, 5.41) is 7.83. The van der Waals surface area contributed by atoms with Crippen LogP contribution in [0.15, 0.2) is 11.7 Å². The van der Waals surface area contributed by atoms with E-state index in [2.05, 4.69) is 0 Å². The Kier molecular flexibility index (Phi) is 3.17. The van der Waals surface area contributed by atoms with Crippen LogP contribution in [0.2, 0.25) is 0 Å². The third kappa shape index (κ3) is 2.18. The Hall–Kier alpha value is -1.14. The molecule has 0 aliphatic carbocycles. The van der Waals surface area contributed by atoms with Crippen LogP contribution in [0.1, 0.15) is 0 Å². The molecule has 0 atom stereocenters. The Labute approximate surface area is 63.3 Å². The maximum atomic E-state index is 12.0. The number of carbonyl (C=O) groups is 1. The van der Waals surface area contributed by atoms with E-state index < -0.39 is 30.2 Å². The molecule has 2 nitrogen and oxygen atoms in total. The molecule has 0 amide bonds. The molecule has 0 aromatic heterocycles. The first kappa shape index (κ1) is 10.9. The Morgan fingerprint density at radius 2 is 1.75 bits per heavy atom. The van der Waals surface area contributed by atoms with Crippen molar-refractivity contribution in [1.29, 1.82) is 0 Å². The number of halogens is 5. The third-order valence-corrected chi connectivity index (χ3v) is 0.936. The van der Waals surface area contributed by atoms with Gasteiger partial charge in [0.15, 0.2) is 12.2 Å². The molecule has 0 spiro atoms. The number of hydrogen-bond donors (Lipinski definition) is 1. The van der Waals surface area contributed by atoms with E-state index in [9.17, 15) is 26.7 Å². The Bertz CT molecular complexity index is 218. The standard InChI is InChI=1S/C5H3F5O2/c6-1-5(9,10)2(3(7)8)4(11)12/h1H2,(H,11,12). The van der Waals surface area contributed by atoms with E-state index in [0.29, 0.717) is 0 Å². The van der Waals surface area contributed by atoms with E-state index in [1.54, 1.807) is 0 Å². The molecule has 0 bridgehead atoms. The normalized spacial score (nSPS) is 11.1. The van der Waals surface area contributed by atoms with Crippen LogP contribution in [-0.4, -0.2) is 23.7 Å². The predicted molar refractivity (Wildman–Crippen MR) is 27.8 cm³/mol. The van der Waals surface area contributed by atoms with E-state index in [4.69, 9.17) is 5.11 Å². The van der Waals surface area contributed by atoms with E-state index in [0.717, 1.165) is 0 Å². The van der Waals surface area contributed by atoms with Gasteiger partial charge in [-0.25, -0.2) is 9.18 Å². The molecule has 12 heavy (non-hydrogen) atoms. The number of hydrogen-bond acceptors (Lipinski definition) is 1. The number of carboxylic acid groups (broad SMARTS) is 1. The largest absolute Gasteiger partial charge is 0.478 e. The molecule has 0 heterocycles. The van der Waals surface area contributed by atoms with Gasteiger partial charge in [-0.05, 0) is 0 Å². The van der Waals surface area contributed by atoms with Crippen LogP contribution in [0.25, 0.3) is 0 Å². The predicted octanol–water partition coefficient (Wildman–Crippen LogP) is 1.83. The minimum absolute atomic E-state index is 2.47. The fourth-order valence-electron chi connectivity index (χ4n) is 0.442. The van der Waals surface area contributed by atoms with Crippen LogP contribution < -0.4 is 0 Å². The van der Waals surface area contributed by atoms with Gasteiger partial charge in [0.25, 0.3) is 6.08 Å². The van der Waals surface area contributed by atoms with Crippen molar-refractivity contribution >= 4 is 5.97 Å². The van der Waals surface area contributed by atoms with Gasteiger partial charge in [0, 0.05) is 0 Å². The van der Waals surface area contributed by atoms with Crippen molar-refractivity contribution in [3.8, 4) is 0 Å². The second-order valence-electron chi connectivity index (χ2n) is 1.78. The summed E-state index contributed by atoms with van der Waals surface area (Å²) in [5.74, 6) is -7.16. The molecule has 0 radical (unpaired) electrons. The van der Waals surface area contributed by atoms with Crippen LogP contribution in [0.3, 0.4) is 0 Å². The van der Waals surface area contributed by atoms with Crippen LogP contribution in [0.4, 0.5) is 22.0 Å². The average Bonchev–Trinajstić information content (AvgIpc) is 1.84. The zero-order valence-corrected chi connectivity index (χ0v) is 5.45. The SMILES string of the molecule is O=C(O)C(=C(F)F)C(F)(F)CF. The van der Waals surface area contributed by atoms with Crippen molar-refractivity contribution in [2.75, 3.05) is 6.67 Å². The van der Waals surface area contributed by atoms with E-state index in [-0.39, 0.29) is 0 Å². The van der Waals surface area contributed by atoms with E-state index >= 15 is 0 Å². The van der Waals surface area contributed by atoms with Crippen molar-refractivity contribution in [1.82, 2.24) is 0 Å². The first-order chi connectivity index (χ1) is 5.33. The first-order valence-corrected chi connectivity index (χ1v) is 2.55. The summed E-state index contributed by atoms with van der Waals surface area (Å²) >= 11 is 0. The number of carboxylic acids is 1. The van der Waals surface area contributed by atoms with Crippen molar-refractivity contribution < 1.29 is 31.9 Å². The summed E-state index contributed by atoms with van der Waals surface area (Å²) < 4.78 is 58.4. The van der Waals surface area contributed by atoms with Crippen molar-refractivity contribution in [3.05, 3.63) is 11.7 Å². The van der Waals surface area contributed by atoms with Gasteiger partial charge in [-0.1, -0.05) is 0 Å². The first-order valence-electron chi connectivity index (χ1n) is 2.55. The third-order valence-electron chi connectivity index (χ3n) is 0.936. The van der Waals surface area contributed by atoms with Gasteiger partial charge in [0.05, 0.1) is 0 Å². The van der Waals surface area contributed by atoms with Crippen LogP contribution in [0, 0.1) is 0 Å². The Balaban J connectivity index is 5.04. The lowest BCUT2D eigenvalue weighted by molar-refractivity contribution is -0.137. The second kappa shape index (κ2) is 3.51. The minimum Gasteiger partial charge on any atom is -0.478 e. The molecule has 0 aliphatic heterocycles. The van der Waals surface area contributed by atoms with Gasteiger partial charge >= 0.3 is 11.9 Å². The molecular weight excluding hydrogens is 187 g/mol. The molecule has 7 heteroatoms. The number of alkyl halides is 3. The highest BCUT2D eigenvalue weighted by Gasteiger charge is 2.42. The van der Waals surface area contributed by atoms with Gasteiger partial charge in [-0.3, -0.25) is 0 Å². The zero-order valence-electron chi connectivity index (χ0n) is 5.45. The molecule has 70 valence electrons. The second-order valence-corrected chi connectivity index (χ2v) is 1.78. The quantitative estimate of drug-likeness (QED) is 0.544. The minimum atomic E-state index is -4.63. The monoisotopic (exact) mass is 190 g/mol. The van der Waals surface area contributed by atoms with Crippen LogP contribution in [-0.2, 0) is 4.79 Å². The lowest BCUT2D eigenvalue weighted by Crippen LogP contribution is -2.28. The zero-order chi connectivity index (χ0) is 9.94. The summed E-state index contributed by atoms with van der Waals surface area (Å²) in [7, 11) is 0. The van der Waals surface area contributed by atoms with Gasteiger partial charge in [0.2, 0.25) is 0 Å². The maximum absolute atomic E-state index is 12.0. The summed E-state index contributed by atoms with van der Waals surface area (Å²) in [6, 6.07) is 0. The summed E-state index contributed by atoms with van der Waals surface area (Å²) in [4.78, 5) is 9.76. The molecule has 0 unspecified atom stereocenters. The fourth-order valence-corrected chi connectivity index (χ4v) is 0.442. The van der Waals surface area contributed by atoms with Gasteiger partial charge in [-0.2, -0.15) is 17.6 Å². The molecule has 0 aliphatic rings. The molecule has 0 rings (SSSR count). The maximum Gasteiger partial charge on any atom is 0.343 e. The number of rotatable bonds is 3. The lowest BCUT2D eigenvalue weighted by atomic mass is 10.1. The molecule has 0 saturated carbocycles. The van der Waals surface area contributed by atoms with Crippen molar-refractivity contribution in [2.24, 2.45) is 0 Å². The summed E-state index contributed by atoms with van der Waals surface area (Å²) in [6.45, 7) is -2.47. The summed E-state index contributed by atoms with van der Waals surface area (Å²) in [6.07, 6.45) is -3.09. The fraction of sp³-hybridized carbons (Fsp3) is 0.400. The van der Waals surface area contributed by atoms with Gasteiger partial charge in [0.1, 0.15) is 0 Å². The Morgan fingerprint density at radius 3 is 1.83 bits per heavy atom. The smallest absolute Gasteiger partial charge is 0.343 e. The molecule has 0 aromatic carbocycles. The molecule has 0 aromatic rings. The molecule has 0 saturated heterocycles. The molecular formula is C5H3F5O2. The highest BCUT2D eigenvalue weighted by molar-refractivity contribution is 5.88. The highest BCUT2D eigenvalue weighted by atomic mass is 19.3. The molecule has 1 N–H and O–H groups in total. The van der Waals surface area contributed by atoms with Gasteiger partial charge < -0.3 is 5.11 Å².